The average Bonchev–Trinajstić information content (AvgIpc) is 2.94. The van der Waals surface area contributed by atoms with E-state index >= 15 is 0 Å². The van der Waals surface area contributed by atoms with Gasteiger partial charge in [0.15, 0.2) is 0 Å². The number of carbonyl (C=O) groups is 1. The van der Waals surface area contributed by atoms with Gasteiger partial charge in [-0.2, -0.15) is 5.26 Å². The highest BCUT2D eigenvalue weighted by molar-refractivity contribution is 5.69. The van der Waals surface area contributed by atoms with Gasteiger partial charge in [0.2, 0.25) is 0 Å². The maximum absolute atomic E-state index is 13.8. The maximum Gasteiger partial charge on any atom is 0.317 e. The molecule has 0 aliphatic heterocycles. The summed E-state index contributed by atoms with van der Waals surface area (Å²) in [6.07, 6.45) is 4.07. The summed E-state index contributed by atoms with van der Waals surface area (Å²) >= 11 is 0. The van der Waals surface area contributed by atoms with Crippen molar-refractivity contribution in [3.63, 3.8) is 0 Å². The number of carboxylic acid groups (broad SMARTS) is 1. The van der Waals surface area contributed by atoms with E-state index in [9.17, 15) is 9.18 Å². The standard InChI is InChI=1S/C15H17FN2O2/c16-14-6-5-11(8-17)7-12(14)9-18(10-15(19)20)13-3-1-2-4-13/h5-7,13H,1-4,9-10H2,(H,19,20). The van der Waals surface area contributed by atoms with Gasteiger partial charge in [-0.1, -0.05) is 12.8 Å². The lowest BCUT2D eigenvalue weighted by molar-refractivity contribution is -0.139. The summed E-state index contributed by atoms with van der Waals surface area (Å²) in [5.74, 6) is -1.30. The molecule has 0 saturated heterocycles. The molecule has 1 aliphatic rings. The van der Waals surface area contributed by atoms with Crippen molar-refractivity contribution in [3.05, 3.63) is 35.1 Å². The van der Waals surface area contributed by atoms with E-state index < -0.39 is 11.8 Å². The molecule has 2 rings (SSSR count). The van der Waals surface area contributed by atoms with Gasteiger partial charge in [-0.15, -0.1) is 0 Å². The first-order chi connectivity index (χ1) is 9.60. The number of nitriles is 1. The van der Waals surface area contributed by atoms with Crippen LogP contribution in [0.1, 0.15) is 36.8 Å². The second-order valence-corrected chi connectivity index (χ2v) is 5.15. The number of aliphatic carboxylic acids is 1. The summed E-state index contributed by atoms with van der Waals surface area (Å²) in [5, 5.41) is 17.9. The van der Waals surface area contributed by atoms with E-state index in [1.165, 1.54) is 18.2 Å². The van der Waals surface area contributed by atoms with Crippen molar-refractivity contribution in [1.82, 2.24) is 4.90 Å². The second-order valence-electron chi connectivity index (χ2n) is 5.15. The predicted octanol–water partition coefficient (Wildman–Crippen LogP) is 2.53. The Morgan fingerprint density at radius 3 is 2.75 bits per heavy atom. The normalized spacial score (nSPS) is 15.4. The lowest BCUT2D eigenvalue weighted by Crippen LogP contribution is -2.37. The number of halogens is 1. The smallest absolute Gasteiger partial charge is 0.317 e. The third kappa shape index (κ3) is 3.55. The van der Waals surface area contributed by atoms with Crippen LogP contribution >= 0.6 is 0 Å². The van der Waals surface area contributed by atoms with Crippen LogP contribution < -0.4 is 0 Å². The molecule has 1 aliphatic carbocycles. The molecule has 1 saturated carbocycles. The molecule has 1 aromatic rings. The van der Waals surface area contributed by atoms with Crippen LogP contribution in [0.5, 0.6) is 0 Å². The SMILES string of the molecule is N#Cc1ccc(F)c(CN(CC(=O)O)C2CCCC2)c1. The Morgan fingerprint density at radius 2 is 2.15 bits per heavy atom. The van der Waals surface area contributed by atoms with Gasteiger partial charge in [-0.05, 0) is 31.0 Å². The Hall–Kier alpha value is -1.93. The van der Waals surface area contributed by atoms with E-state index in [2.05, 4.69) is 0 Å². The van der Waals surface area contributed by atoms with E-state index in [4.69, 9.17) is 10.4 Å². The first-order valence-electron chi connectivity index (χ1n) is 6.74. The van der Waals surface area contributed by atoms with Gasteiger partial charge in [-0.25, -0.2) is 4.39 Å². The summed E-state index contributed by atoms with van der Waals surface area (Å²) in [4.78, 5) is 12.8. The molecule has 0 atom stereocenters. The molecule has 20 heavy (non-hydrogen) atoms. The first kappa shape index (κ1) is 14.5. The zero-order valence-electron chi connectivity index (χ0n) is 11.2. The fraction of sp³-hybridized carbons (Fsp3) is 0.467. The summed E-state index contributed by atoms with van der Waals surface area (Å²) < 4.78 is 13.8. The molecule has 0 aromatic heterocycles. The van der Waals surface area contributed by atoms with Crippen LogP contribution in [0.4, 0.5) is 4.39 Å². The van der Waals surface area contributed by atoms with E-state index in [0.29, 0.717) is 11.1 Å². The third-order valence-electron chi connectivity index (χ3n) is 3.73. The molecular weight excluding hydrogens is 259 g/mol. The Bertz CT molecular complexity index is 533. The molecule has 0 radical (unpaired) electrons. The van der Waals surface area contributed by atoms with Crippen LogP contribution in [-0.4, -0.2) is 28.6 Å². The minimum Gasteiger partial charge on any atom is -0.480 e. The predicted molar refractivity (Wildman–Crippen MR) is 71.4 cm³/mol. The van der Waals surface area contributed by atoms with Gasteiger partial charge in [-0.3, -0.25) is 9.69 Å². The molecule has 0 unspecified atom stereocenters. The van der Waals surface area contributed by atoms with Crippen molar-refractivity contribution in [2.45, 2.75) is 38.3 Å². The summed E-state index contributed by atoms with van der Waals surface area (Å²) in [5.41, 5.74) is 0.778. The van der Waals surface area contributed by atoms with Crippen molar-refractivity contribution in [2.75, 3.05) is 6.54 Å². The van der Waals surface area contributed by atoms with Crippen LogP contribution in [0.25, 0.3) is 0 Å². The minimum absolute atomic E-state index is 0.0963. The Balaban J connectivity index is 2.18. The van der Waals surface area contributed by atoms with Gasteiger partial charge in [0, 0.05) is 18.2 Å². The zero-order chi connectivity index (χ0) is 14.5. The van der Waals surface area contributed by atoms with E-state index in [-0.39, 0.29) is 19.1 Å². The molecule has 4 nitrogen and oxygen atoms in total. The maximum atomic E-state index is 13.8. The molecule has 0 amide bonds. The highest BCUT2D eigenvalue weighted by atomic mass is 19.1. The van der Waals surface area contributed by atoms with Crippen molar-refractivity contribution in [1.29, 1.82) is 5.26 Å². The van der Waals surface area contributed by atoms with Gasteiger partial charge in [0.05, 0.1) is 18.2 Å². The van der Waals surface area contributed by atoms with E-state index in [1.807, 2.05) is 6.07 Å². The molecule has 106 valence electrons. The Morgan fingerprint density at radius 1 is 1.45 bits per heavy atom. The monoisotopic (exact) mass is 276 g/mol. The fourth-order valence-corrected chi connectivity index (χ4v) is 2.74. The molecule has 5 heteroatoms. The Labute approximate surface area is 117 Å². The number of rotatable bonds is 5. The lowest BCUT2D eigenvalue weighted by atomic mass is 10.1. The molecule has 0 bridgehead atoms. The molecule has 1 aromatic carbocycles. The van der Waals surface area contributed by atoms with Crippen LogP contribution in [0.3, 0.4) is 0 Å². The van der Waals surface area contributed by atoms with E-state index in [1.54, 1.807) is 4.90 Å². The van der Waals surface area contributed by atoms with Gasteiger partial charge in [0.25, 0.3) is 0 Å². The lowest BCUT2D eigenvalue weighted by Gasteiger charge is -2.27. The number of hydrogen-bond acceptors (Lipinski definition) is 3. The number of benzene rings is 1. The van der Waals surface area contributed by atoms with E-state index in [0.717, 1.165) is 25.7 Å². The molecular formula is C15H17FN2O2. The second kappa shape index (κ2) is 6.49. The Kier molecular flexibility index (Phi) is 4.70. The van der Waals surface area contributed by atoms with Crippen LogP contribution in [0.15, 0.2) is 18.2 Å². The number of nitrogens with zero attached hydrogens (tertiary/aromatic N) is 2. The topological polar surface area (TPSA) is 64.3 Å². The summed E-state index contributed by atoms with van der Waals surface area (Å²) in [7, 11) is 0. The number of carboxylic acids is 1. The highest BCUT2D eigenvalue weighted by Crippen LogP contribution is 2.25. The highest BCUT2D eigenvalue weighted by Gasteiger charge is 2.25. The third-order valence-corrected chi connectivity index (χ3v) is 3.73. The largest absolute Gasteiger partial charge is 0.480 e. The minimum atomic E-state index is -0.909. The molecule has 1 N–H and O–H groups in total. The first-order valence-corrected chi connectivity index (χ1v) is 6.74. The number of hydrogen-bond donors (Lipinski definition) is 1. The van der Waals surface area contributed by atoms with Crippen LogP contribution in [0.2, 0.25) is 0 Å². The summed E-state index contributed by atoms with van der Waals surface area (Å²) in [6, 6.07) is 6.36. The van der Waals surface area contributed by atoms with Crippen molar-refractivity contribution >= 4 is 5.97 Å². The quantitative estimate of drug-likeness (QED) is 0.897. The molecule has 0 spiro atoms. The van der Waals surface area contributed by atoms with Crippen molar-refractivity contribution < 1.29 is 14.3 Å². The molecule has 1 fully saturated rings. The van der Waals surface area contributed by atoms with Gasteiger partial charge in [0.1, 0.15) is 5.82 Å². The van der Waals surface area contributed by atoms with Gasteiger partial charge < -0.3 is 5.11 Å². The fourth-order valence-electron chi connectivity index (χ4n) is 2.74. The zero-order valence-corrected chi connectivity index (χ0v) is 11.2. The van der Waals surface area contributed by atoms with Crippen LogP contribution in [0, 0.1) is 17.1 Å². The molecule has 0 heterocycles. The van der Waals surface area contributed by atoms with Crippen molar-refractivity contribution in [2.24, 2.45) is 0 Å². The van der Waals surface area contributed by atoms with Gasteiger partial charge >= 0.3 is 5.97 Å². The van der Waals surface area contributed by atoms with Crippen molar-refractivity contribution in [3.8, 4) is 6.07 Å². The summed E-state index contributed by atoms with van der Waals surface area (Å²) in [6.45, 7) is 0.138. The average molecular weight is 276 g/mol. The van der Waals surface area contributed by atoms with Crippen LogP contribution in [-0.2, 0) is 11.3 Å².